The number of hydrogen-bond acceptors (Lipinski definition) is 5. The van der Waals surface area contributed by atoms with Crippen molar-refractivity contribution in [3.63, 3.8) is 0 Å². The minimum absolute atomic E-state index is 0.00538. The third kappa shape index (κ3) is 3.90. The van der Waals surface area contributed by atoms with Crippen LogP contribution in [0.15, 0.2) is 23.1 Å². The van der Waals surface area contributed by atoms with E-state index in [1.807, 2.05) is 7.05 Å². The van der Waals surface area contributed by atoms with E-state index in [0.717, 1.165) is 18.7 Å². The van der Waals surface area contributed by atoms with Gasteiger partial charge in [0.05, 0.1) is 22.6 Å². The molecule has 140 valence electrons. The van der Waals surface area contributed by atoms with E-state index in [1.54, 1.807) is 0 Å². The van der Waals surface area contributed by atoms with Crippen molar-refractivity contribution in [2.45, 2.75) is 30.1 Å². The van der Waals surface area contributed by atoms with Gasteiger partial charge in [-0.15, -0.1) is 0 Å². The standard InChI is InChI=1S/C15H19ClF2N2O4S/c1-19-6-7-23-14-4-5-20(9-12(14)19)25(21,22)10-2-3-13(11(16)8-10)24-15(17)18/h2-3,8,12,14-15H,4-7,9H2,1H3. The highest BCUT2D eigenvalue weighted by atomic mass is 35.5. The molecule has 0 amide bonds. The number of halogens is 3. The highest BCUT2D eigenvalue weighted by Gasteiger charge is 2.39. The van der Waals surface area contributed by atoms with Gasteiger partial charge in [0.15, 0.2) is 0 Å². The van der Waals surface area contributed by atoms with Crippen molar-refractivity contribution in [3.05, 3.63) is 23.2 Å². The van der Waals surface area contributed by atoms with Gasteiger partial charge in [-0.2, -0.15) is 13.1 Å². The van der Waals surface area contributed by atoms with Crippen LogP contribution in [0.4, 0.5) is 8.78 Å². The summed E-state index contributed by atoms with van der Waals surface area (Å²) in [5.41, 5.74) is 0. The topological polar surface area (TPSA) is 59.1 Å². The Hall–Kier alpha value is -1.00. The number of likely N-dealkylation sites (N-methyl/N-ethyl adjacent to an activating group) is 1. The van der Waals surface area contributed by atoms with Crippen LogP contribution >= 0.6 is 11.6 Å². The molecule has 2 aliphatic rings. The van der Waals surface area contributed by atoms with E-state index in [0.29, 0.717) is 26.1 Å². The summed E-state index contributed by atoms with van der Waals surface area (Å²) in [6.07, 6.45) is 0.629. The quantitative estimate of drug-likeness (QED) is 0.779. The second kappa shape index (κ2) is 7.32. The molecule has 1 aromatic carbocycles. The first-order valence-electron chi connectivity index (χ1n) is 7.85. The zero-order valence-corrected chi connectivity index (χ0v) is 15.1. The molecule has 10 heteroatoms. The fourth-order valence-corrected chi connectivity index (χ4v) is 5.00. The number of rotatable bonds is 4. The predicted octanol–water partition coefficient (Wildman–Crippen LogP) is 2.03. The lowest BCUT2D eigenvalue weighted by Crippen LogP contribution is -2.59. The summed E-state index contributed by atoms with van der Waals surface area (Å²) >= 11 is 5.88. The van der Waals surface area contributed by atoms with Crippen LogP contribution in [0, 0.1) is 0 Å². The smallest absolute Gasteiger partial charge is 0.387 e. The van der Waals surface area contributed by atoms with Crippen LogP contribution < -0.4 is 4.74 Å². The zero-order chi connectivity index (χ0) is 18.2. The lowest BCUT2D eigenvalue weighted by molar-refractivity contribution is -0.0840. The molecule has 0 N–H and O–H groups in total. The molecule has 0 saturated carbocycles. The molecule has 2 fully saturated rings. The van der Waals surface area contributed by atoms with Crippen LogP contribution in [-0.2, 0) is 14.8 Å². The Kier molecular flexibility index (Phi) is 5.50. The first-order valence-corrected chi connectivity index (χ1v) is 9.67. The molecule has 0 radical (unpaired) electrons. The molecular weight excluding hydrogens is 378 g/mol. The van der Waals surface area contributed by atoms with Gasteiger partial charge in [0, 0.05) is 25.7 Å². The maximum absolute atomic E-state index is 12.9. The van der Waals surface area contributed by atoms with Crippen molar-refractivity contribution < 1.29 is 26.7 Å². The van der Waals surface area contributed by atoms with Crippen molar-refractivity contribution in [1.29, 1.82) is 0 Å². The molecule has 2 unspecified atom stereocenters. The molecule has 6 nitrogen and oxygen atoms in total. The number of morpholine rings is 1. The van der Waals surface area contributed by atoms with Crippen LogP contribution in [0.1, 0.15) is 6.42 Å². The Morgan fingerprint density at radius 2 is 2.12 bits per heavy atom. The number of sulfonamides is 1. The van der Waals surface area contributed by atoms with Gasteiger partial charge < -0.3 is 9.47 Å². The number of fused-ring (bicyclic) bond motifs is 1. The molecule has 0 bridgehead atoms. The summed E-state index contributed by atoms with van der Waals surface area (Å²) in [4.78, 5) is 2.06. The van der Waals surface area contributed by atoms with Crippen molar-refractivity contribution in [3.8, 4) is 5.75 Å². The largest absolute Gasteiger partial charge is 0.433 e. The normalized spacial score (nSPS) is 25.8. The third-order valence-corrected chi connectivity index (χ3v) is 6.74. The zero-order valence-electron chi connectivity index (χ0n) is 13.6. The summed E-state index contributed by atoms with van der Waals surface area (Å²) in [5.74, 6) is -0.255. The first-order chi connectivity index (χ1) is 11.8. The summed E-state index contributed by atoms with van der Waals surface area (Å²) in [5, 5.41) is -0.172. The molecular formula is C15H19ClF2N2O4S. The molecule has 2 aliphatic heterocycles. The summed E-state index contributed by atoms with van der Waals surface area (Å²) < 4.78 is 61.7. The second-order valence-electron chi connectivity index (χ2n) is 6.08. The second-order valence-corrected chi connectivity index (χ2v) is 8.42. The van der Waals surface area contributed by atoms with Gasteiger partial charge in [-0.3, -0.25) is 4.90 Å². The Bertz CT molecular complexity index is 734. The third-order valence-electron chi connectivity index (χ3n) is 4.58. The number of benzene rings is 1. The number of piperidine rings is 1. The van der Waals surface area contributed by atoms with Crippen LogP contribution in [-0.4, -0.2) is 69.7 Å². The molecule has 0 aliphatic carbocycles. The van der Waals surface area contributed by atoms with Gasteiger partial charge in [-0.1, -0.05) is 11.6 Å². The highest BCUT2D eigenvalue weighted by molar-refractivity contribution is 7.89. The lowest BCUT2D eigenvalue weighted by Gasteiger charge is -2.45. The van der Waals surface area contributed by atoms with E-state index < -0.39 is 16.6 Å². The van der Waals surface area contributed by atoms with Crippen LogP contribution in [0.2, 0.25) is 5.02 Å². The fraction of sp³-hybridized carbons (Fsp3) is 0.600. The summed E-state index contributed by atoms with van der Waals surface area (Å²) in [6, 6.07) is 3.51. The molecule has 2 atom stereocenters. The number of hydrogen-bond donors (Lipinski definition) is 0. The van der Waals surface area contributed by atoms with Gasteiger partial charge in [-0.25, -0.2) is 8.42 Å². The Labute approximate surface area is 150 Å². The van der Waals surface area contributed by atoms with Gasteiger partial charge in [0.1, 0.15) is 5.75 Å². The van der Waals surface area contributed by atoms with E-state index in [9.17, 15) is 17.2 Å². The van der Waals surface area contributed by atoms with Crippen molar-refractivity contribution in [1.82, 2.24) is 9.21 Å². The van der Waals surface area contributed by atoms with Gasteiger partial charge in [-0.05, 0) is 31.7 Å². The summed E-state index contributed by atoms with van der Waals surface area (Å²) in [7, 11) is -1.83. The molecule has 2 heterocycles. The highest BCUT2D eigenvalue weighted by Crippen LogP contribution is 2.31. The number of ether oxygens (including phenoxy) is 2. The minimum atomic E-state index is -3.78. The van der Waals surface area contributed by atoms with Gasteiger partial charge in [0.25, 0.3) is 0 Å². The lowest BCUT2D eigenvalue weighted by atomic mass is 10.0. The predicted molar refractivity (Wildman–Crippen MR) is 87.6 cm³/mol. The first kappa shape index (κ1) is 18.8. The van der Waals surface area contributed by atoms with E-state index in [2.05, 4.69) is 9.64 Å². The Balaban J connectivity index is 1.80. The molecule has 1 aromatic rings. The average molecular weight is 397 g/mol. The Morgan fingerprint density at radius 1 is 1.36 bits per heavy atom. The molecule has 25 heavy (non-hydrogen) atoms. The average Bonchev–Trinajstić information content (AvgIpc) is 2.56. The van der Waals surface area contributed by atoms with Crippen molar-refractivity contribution in [2.75, 3.05) is 33.3 Å². The molecule has 0 aromatic heterocycles. The number of alkyl halides is 2. The molecule has 3 rings (SSSR count). The maximum atomic E-state index is 12.9. The van der Waals surface area contributed by atoms with Crippen LogP contribution in [0.25, 0.3) is 0 Å². The van der Waals surface area contributed by atoms with E-state index in [4.69, 9.17) is 16.3 Å². The molecule has 0 spiro atoms. The number of nitrogens with zero attached hydrogens (tertiary/aromatic N) is 2. The maximum Gasteiger partial charge on any atom is 0.387 e. The van der Waals surface area contributed by atoms with E-state index in [-0.39, 0.29) is 27.8 Å². The van der Waals surface area contributed by atoms with Gasteiger partial charge >= 0.3 is 6.61 Å². The summed E-state index contributed by atoms with van der Waals surface area (Å²) in [6.45, 7) is -0.979. The SMILES string of the molecule is CN1CCOC2CCN(S(=O)(=O)c3ccc(OC(F)F)c(Cl)c3)CC21. The minimum Gasteiger partial charge on any atom is -0.433 e. The van der Waals surface area contributed by atoms with Crippen LogP contribution in [0.5, 0.6) is 5.75 Å². The molecule has 2 saturated heterocycles. The van der Waals surface area contributed by atoms with Crippen molar-refractivity contribution >= 4 is 21.6 Å². The Morgan fingerprint density at radius 3 is 2.80 bits per heavy atom. The van der Waals surface area contributed by atoms with Crippen molar-refractivity contribution in [2.24, 2.45) is 0 Å². The fourth-order valence-electron chi connectivity index (χ4n) is 3.21. The van der Waals surface area contributed by atoms with E-state index >= 15 is 0 Å². The van der Waals surface area contributed by atoms with Crippen LogP contribution in [0.3, 0.4) is 0 Å². The van der Waals surface area contributed by atoms with E-state index in [1.165, 1.54) is 10.4 Å². The monoisotopic (exact) mass is 396 g/mol. The van der Waals surface area contributed by atoms with Gasteiger partial charge in [0.2, 0.25) is 10.0 Å².